The van der Waals surface area contributed by atoms with Gasteiger partial charge in [-0.25, -0.2) is 4.79 Å². The molecule has 0 bridgehead atoms. The maximum Gasteiger partial charge on any atom is 0.407 e. The van der Waals surface area contributed by atoms with E-state index in [9.17, 15) is 9.59 Å². The van der Waals surface area contributed by atoms with Crippen LogP contribution in [0.5, 0.6) is 0 Å². The number of alkyl carbamates (subject to hydrolysis) is 1. The number of Topliss-reactive ketones (excluding diaryl/α,β-unsaturated/α-hetero) is 1. The molecule has 2 aromatic carbocycles. The molecule has 0 unspecified atom stereocenters. The van der Waals surface area contributed by atoms with Crippen LogP contribution in [-0.2, 0) is 17.7 Å². The van der Waals surface area contributed by atoms with Gasteiger partial charge in [0.2, 0.25) is 0 Å². The molecule has 0 radical (unpaired) electrons. The van der Waals surface area contributed by atoms with Crippen molar-refractivity contribution < 1.29 is 14.3 Å². The lowest BCUT2D eigenvalue weighted by Crippen LogP contribution is -2.32. The Labute approximate surface area is 153 Å². The highest BCUT2D eigenvalue weighted by atomic mass is 35.5. The molecular formula is C20H22ClNO3. The first kappa shape index (κ1) is 19.0. The molecule has 0 atom stereocenters. The van der Waals surface area contributed by atoms with Crippen molar-refractivity contribution in [2.24, 2.45) is 0 Å². The lowest BCUT2D eigenvalue weighted by molar-refractivity contribution is 0.0523. The summed E-state index contributed by atoms with van der Waals surface area (Å²) >= 11 is 5.85. The van der Waals surface area contributed by atoms with E-state index in [1.54, 1.807) is 24.3 Å². The Kier molecular flexibility index (Phi) is 6.21. The highest BCUT2D eigenvalue weighted by Crippen LogP contribution is 2.13. The normalized spacial score (nSPS) is 11.0. The van der Waals surface area contributed by atoms with Gasteiger partial charge in [0, 0.05) is 23.6 Å². The standard InChI is InChI=1S/C20H22ClNO3/c1-20(2,3)25-19(24)22-13-15-4-8-16(9-5-15)18(23)12-14-6-10-17(21)11-7-14/h4-11H,12-13H2,1-3H3,(H,22,24). The van der Waals surface area contributed by atoms with Crippen LogP contribution in [0.4, 0.5) is 4.79 Å². The van der Waals surface area contributed by atoms with E-state index >= 15 is 0 Å². The Balaban J connectivity index is 1.89. The molecule has 5 heteroatoms. The number of hydrogen-bond acceptors (Lipinski definition) is 3. The first-order chi connectivity index (χ1) is 11.7. The number of amides is 1. The average Bonchev–Trinajstić information content (AvgIpc) is 2.54. The molecule has 0 aliphatic rings. The van der Waals surface area contributed by atoms with Crippen molar-refractivity contribution in [3.05, 3.63) is 70.2 Å². The van der Waals surface area contributed by atoms with Crippen molar-refractivity contribution in [2.75, 3.05) is 0 Å². The summed E-state index contributed by atoms with van der Waals surface area (Å²) in [6.07, 6.45) is -0.137. The van der Waals surface area contributed by atoms with Crippen LogP contribution >= 0.6 is 11.6 Å². The maximum atomic E-state index is 12.3. The van der Waals surface area contributed by atoms with Crippen molar-refractivity contribution >= 4 is 23.5 Å². The smallest absolute Gasteiger partial charge is 0.407 e. The largest absolute Gasteiger partial charge is 0.444 e. The van der Waals surface area contributed by atoms with Crippen LogP contribution in [0.25, 0.3) is 0 Å². The second-order valence-corrected chi connectivity index (χ2v) is 7.22. The Bertz CT molecular complexity index is 731. The zero-order valence-corrected chi connectivity index (χ0v) is 15.4. The molecule has 0 saturated carbocycles. The van der Waals surface area contributed by atoms with Gasteiger partial charge in [0.1, 0.15) is 5.60 Å². The summed E-state index contributed by atoms with van der Waals surface area (Å²) in [4.78, 5) is 23.9. The molecule has 0 aliphatic heterocycles. The Morgan fingerprint density at radius 1 is 0.960 bits per heavy atom. The molecule has 0 aromatic heterocycles. The predicted octanol–water partition coefficient (Wildman–Crippen LogP) is 4.79. The Hall–Kier alpha value is -2.33. The molecule has 4 nitrogen and oxygen atoms in total. The summed E-state index contributed by atoms with van der Waals surface area (Å²) < 4.78 is 5.18. The van der Waals surface area contributed by atoms with Crippen LogP contribution in [0.15, 0.2) is 48.5 Å². The molecule has 2 rings (SSSR count). The molecule has 0 fully saturated rings. The molecule has 0 saturated heterocycles. The van der Waals surface area contributed by atoms with Crippen molar-refractivity contribution in [3.63, 3.8) is 0 Å². The van der Waals surface area contributed by atoms with Crippen LogP contribution in [0.2, 0.25) is 5.02 Å². The molecule has 25 heavy (non-hydrogen) atoms. The molecular weight excluding hydrogens is 338 g/mol. The summed E-state index contributed by atoms with van der Waals surface area (Å²) in [5, 5.41) is 3.34. The van der Waals surface area contributed by atoms with E-state index in [0.29, 0.717) is 23.6 Å². The first-order valence-corrected chi connectivity index (χ1v) is 8.44. The van der Waals surface area contributed by atoms with Crippen LogP contribution in [0, 0.1) is 0 Å². The van der Waals surface area contributed by atoms with Gasteiger partial charge < -0.3 is 10.1 Å². The lowest BCUT2D eigenvalue weighted by atomic mass is 10.0. The second-order valence-electron chi connectivity index (χ2n) is 6.78. The first-order valence-electron chi connectivity index (χ1n) is 8.06. The van der Waals surface area contributed by atoms with E-state index in [2.05, 4.69) is 5.32 Å². The SMILES string of the molecule is CC(C)(C)OC(=O)NCc1ccc(C(=O)Cc2ccc(Cl)cc2)cc1. The third-order valence-electron chi connectivity index (χ3n) is 3.39. The molecule has 0 heterocycles. The van der Waals surface area contributed by atoms with E-state index < -0.39 is 11.7 Å². The number of benzene rings is 2. The Morgan fingerprint density at radius 2 is 1.52 bits per heavy atom. The number of ether oxygens (including phenoxy) is 1. The summed E-state index contributed by atoms with van der Waals surface area (Å²) in [5.41, 5.74) is 1.93. The fourth-order valence-corrected chi connectivity index (χ4v) is 2.31. The fourth-order valence-electron chi connectivity index (χ4n) is 2.19. The van der Waals surface area contributed by atoms with Gasteiger partial charge in [-0.2, -0.15) is 0 Å². The number of halogens is 1. The molecule has 0 spiro atoms. The van der Waals surface area contributed by atoms with Crippen LogP contribution < -0.4 is 5.32 Å². The summed E-state index contributed by atoms with van der Waals surface area (Å²) in [6, 6.07) is 14.4. The highest BCUT2D eigenvalue weighted by molar-refractivity contribution is 6.30. The Morgan fingerprint density at radius 3 is 2.08 bits per heavy atom. The number of rotatable bonds is 5. The average molecular weight is 360 g/mol. The monoisotopic (exact) mass is 359 g/mol. The zero-order chi connectivity index (χ0) is 18.4. The minimum absolute atomic E-state index is 0.0361. The number of carbonyl (C=O) groups is 2. The van der Waals surface area contributed by atoms with Gasteiger partial charge in [0.25, 0.3) is 0 Å². The van der Waals surface area contributed by atoms with Gasteiger partial charge in [-0.3, -0.25) is 4.79 Å². The van der Waals surface area contributed by atoms with Gasteiger partial charge in [-0.1, -0.05) is 48.0 Å². The maximum absolute atomic E-state index is 12.3. The third-order valence-corrected chi connectivity index (χ3v) is 3.64. The third kappa shape index (κ3) is 6.59. The molecule has 1 amide bonds. The van der Waals surface area contributed by atoms with Crippen molar-refractivity contribution in [2.45, 2.75) is 39.3 Å². The van der Waals surface area contributed by atoms with E-state index in [0.717, 1.165) is 11.1 Å². The molecule has 2 aromatic rings. The fraction of sp³-hybridized carbons (Fsp3) is 0.300. The number of ketones is 1. The quantitative estimate of drug-likeness (QED) is 0.781. The summed E-state index contributed by atoms with van der Waals surface area (Å²) in [7, 11) is 0. The molecule has 1 N–H and O–H groups in total. The van der Waals surface area contributed by atoms with Crippen molar-refractivity contribution in [1.82, 2.24) is 5.32 Å². The number of nitrogens with one attached hydrogen (secondary N) is 1. The van der Waals surface area contributed by atoms with E-state index in [1.165, 1.54) is 0 Å². The molecule has 0 aliphatic carbocycles. The van der Waals surface area contributed by atoms with Crippen molar-refractivity contribution in [1.29, 1.82) is 0 Å². The van der Waals surface area contributed by atoms with E-state index in [-0.39, 0.29) is 5.78 Å². The van der Waals surface area contributed by atoms with Gasteiger partial charge in [0.15, 0.2) is 5.78 Å². The van der Waals surface area contributed by atoms with E-state index in [4.69, 9.17) is 16.3 Å². The van der Waals surface area contributed by atoms with Gasteiger partial charge in [-0.05, 0) is 44.0 Å². The number of carbonyl (C=O) groups excluding carboxylic acids is 2. The van der Waals surface area contributed by atoms with Gasteiger partial charge in [0.05, 0.1) is 0 Å². The topological polar surface area (TPSA) is 55.4 Å². The summed E-state index contributed by atoms with van der Waals surface area (Å²) in [5.74, 6) is 0.0361. The van der Waals surface area contributed by atoms with Crippen LogP contribution in [-0.4, -0.2) is 17.5 Å². The van der Waals surface area contributed by atoms with Crippen LogP contribution in [0.3, 0.4) is 0 Å². The molecule has 132 valence electrons. The minimum atomic E-state index is -0.526. The predicted molar refractivity (Wildman–Crippen MR) is 99.0 cm³/mol. The lowest BCUT2D eigenvalue weighted by Gasteiger charge is -2.19. The van der Waals surface area contributed by atoms with Crippen LogP contribution in [0.1, 0.15) is 42.3 Å². The van der Waals surface area contributed by atoms with Gasteiger partial charge in [-0.15, -0.1) is 0 Å². The minimum Gasteiger partial charge on any atom is -0.444 e. The number of hydrogen-bond donors (Lipinski definition) is 1. The van der Waals surface area contributed by atoms with E-state index in [1.807, 2.05) is 45.0 Å². The second kappa shape index (κ2) is 8.17. The zero-order valence-electron chi connectivity index (χ0n) is 14.6. The van der Waals surface area contributed by atoms with Crippen molar-refractivity contribution in [3.8, 4) is 0 Å². The van der Waals surface area contributed by atoms with Gasteiger partial charge >= 0.3 is 6.09 Å². The highest BCUT2D eigenvalue weighted by Gasteiger charge is 2.15. The summed E-state index contributed by atoms with van der Waals surface area (Å²) in [6.45, 7) is 5.79.